The summed E-state index contributed by atoms with van der Waals surface area (Å²) in [5, 5.41) is 29.5. The van der Waals surface area contributed by atoms with E-state index < -0.39 is 59.8 Å². The van der Waals surface area contributed by atoms with Crippen molar-refractivity contribution in [1.29, 1.82) is 0 Å². The summed E-state index contributed by atoms with van der Waals surface area (Å²) in [5.74, 6) is -3.66. The van der Waals surface area contributed by atoms with Crippen LogP contribution in [0.2, 0.25) is 0 Å². The van der Waals surface area contributed by atoms with E-state index in [9.17, 15) is 34.2 Å². The lowest BCUT2D eigenvalue weighted by atomic mass is 9.99. The first kappa shape index (κ1) is 34.9. The fourth-order valence-corrected chi connectivity index (χ4v) is 5.70. The lowest BCUT2D eigenvalue weighted by Crippen LogP contribution is -2.59. The molecule has 3 aromatic carbocycles. The topological polar surface area (TPSA) is 191 Å². The summed E-state index contributed by atoms with van der Waals surface area (Å²) in [7, 11) is 0. The van der Waals surface area contributed by atoms with Crippen molar-refractivity contribution in [3.63, 3.8) is 0 Å². The van der Waals surface area contributed by atoms with Gasteiger partial charge in [0.15, 0.2) is 0 Å². The SMILES string of the molecule is CC(C)[C@H](NC(=O)[C@H](C)N)C(=O)N1CCC[C@H]1C(=O)N[C@@H](Cc1ccc2ccccc2c1)C(=O)N[C@@H](Cc1ccc(O)cc1)C(=O)O. The Morgan fingerprint density at radius 1 is 0.830 bits per heavy atom. The molecule has 5 atom stereocenters. The number of phenols is 1. The molecule has 12 heteroatoms. The van der Waals surface area contributed by atoms with E-state index in [0.29, 0.717) is 24.9 Å². The van der Waals surface area contributed by atoms with Crippen LogP contribution in [0.15, 0.2) is 66.7 Å². The van der Waals surface area contributed by atoms with Gasteiger partial charge in [-0.3, -0.25) is 19.2 Å². The minimum absolute atomic E-state index is 0.0262. The van der Waals surface area contributed by atoms with Crippen molar-refractivity contribution in [2.24, 2.45) is 11.7 Å². The van der Waals surface area contributed by atoms with E-state index in [1.54, 1.807) is 26.0 Å². The maximum Gasteiger partial charge on any atom is 0.326 e. The van der Waals surface area contributed by atoms with Gasteiger partial charge in [-0.15, -0.1) is 0 Å². The Labute approximate surface area is 273 Å². The standard InChI is InChI=1S/C35H43N5O7/c1-20(2)30(39-31(42)21(3)36)34(45)40-16-6-9-29(40)33(44)37-27(19-23-10-13-24-7-4-5-8-25(24)17-23)32(43)38-28(35(46)47)18-22-11-14-26(41)15-12-22/h4-5,7-8,10-15,17,20-21,27-30,41H,6,9,16,18-19,36H2,1-3H3,(H,37,44)(H,38,43)(H,39,42)(H,46,47)/t21-,27-,28-,29-,30-/m0/s1. The second kappa shape index (κ2) is 15.5. The summed E-state index contributed by atoms with van der Waals surface area (Å²) >= 11 is 0. The number of phenolic OH excluding ortho intramolecular Hbond substituents is 1. The molecule has 1 aliphatic rings. The van der Waals surface area contributed by atoms with Crippen LogP contribution in [0.25, 0.3) is 10.8 Å². The summed E-state index contributed by atoms with van der Waals surface area (Å²) in [6.07, 6.45) is 0.915. The van der Waals surface area contributed by atoms with Crippen molar-refractivity contribution in [2.45, 2.75) is 76.7 Å². The molecule has 1 aliphatic heterocycles. The summed E-state index contributed by atoms with van der Waals surface area (Å²) in [6, 6.07) is 14.3. The molecule has 1 saturated heterocycles. The number of nitrogens with zero attached hydrogens (tertiary/aromatic N) is 1. The number of amides is 4. The third kappa shape index (κ3) is 9.07. The lowest BCUT2D eigenvalue weighted by Gasteiger charge is -2.31. The number of likely N-dealkylation sites (tertiary alicyclic amines) is 1. The highest BCUT2D eigenvalue weighted by Gasteiger charge is 2.40. The molecule has 0 bridgehead atoms. The van der Waals surface area contributed by atoms with Crippen molar-refractivity contribution in [2.75, 3.05) is 6.54 Å². The van der Waals surface area contributed by atoms with E-state index in [2.05, 4.69) is 16.0 Å². The lowest BCUT2D eigenvalue weighted by molar-refractivity contribution is -0.144. The molecule has 4 amide bonds. The predicted octanol–water partition coefficient (Wildman–Crippen LogP) is 1.86. The second-order valence-electron chi connectivity index (χ2n) is 12.4. The Kier molecular flexibility index (Phi) is 11.5. The molecule has 47 heavy (non-hydrogen) atoms. The summed E-state index contributed by atoms with van der Waals surface area (Å²) in [4.78, 5) is 67.2. The number of benzene rings is 3. The Balaban J connectivity index is 1.57. The molecule has 12 nitrogen and oxygen atoms in total. The molecule has 0 radical (unpaired) electrons. The number of aromatic hydroxyl groups is 1. The first-order valence-electron chi connectivity index (χ1n) is 15.8. The molecule has 0 aliphatic carbocycles. The van der Waals surface area contributed by atoms with Gasteiger partial charge in [0.2, 0.25) is 23.6 Å². The number of fused-ring (bicyclic) bond motifs is 1. The quantitative estimate of drug-likeness (QED) is 0.162. The van der Waals surface area contributed by atoms with Crippen LogP contribution in [-0.4, -0.2) is 81.5 Å². The number of rotatable bonds is 13. The normalized spacial score (nSPS) is 17.0. The number of hydrogen-bond donors (Lipinski definition) is 6. The molecular formula is C35H43N5O7. The third-order valence-electron chi connectivity index (χ3n) is 8.36. The van der Waals surface area contributed by atoms with E-state index in [0.717, 1.165) is 16.3 Å². The van der Waals surface area contributed by atoms with Gasteiger partial charge in [0.25, 0.3) is 0 Å². The monoisotopic (exact) mass is 645 g/mol. The molecule has 0 spiro atoms. The van der Waals surface area contributed by atoms with Crippen molar-refractivity contribution in [3.05, 3.63) is 77.9 Å². The van der Waals surface area contributed by atoms with E-state index in [4.69, 9.17) is 5.73 Å². The van der Waals surface area contributed by atoms with Gasteiger partial charge >= 0.3 is 5.97 Å². The summed E-state index contributed by atoms with van der Waals surface area (Å²) in [6.45, 7) is 5.39. The molecule has 0 aromatic heterocycles. The zero-order chi connectivity index (χ0) is 34.2. The van der Waals surface area contributed by atoms with E-state index in [1.165, 1.54) is 24.0 Å². The van der Waals surface area contributed by atoms with Gasteiger partial charge < -0.3 is 36.8 Å². The smallest absolute Gasteiger partial charge is 0.326 e. The maximum absolute atomic E-state index is 13.8. The number of aliphatic carboxylic acids is 1. The molecule has 0 saturated carbocycles. The van der Waals surface area contributed by atoms with Crippen LogP contribution < -0.4 is 21.7 Å². The fourth-order valence-electron chi connectivity index (χ4n) is 5.70. The maximum atomic E-state index is 13.8. The van der Waals surface area contributed by atoms with Gasteiger partial charge in [-0.2, -0.15) is 0 Å². The van der Waals surface area contributed by atoms with Gasteiger partial charge in [-0.1, -0.05) is 68.4 Å². The van der Waals surface area contributed by atoms with Crippen LogP contribution >= 0.6 is 0 Å². The number of carbonyl (C=O) groups is 5. The molecule has 0 unspecified atom stereocenters. The van der Waals surface area contributed by atoms with Crippen LogP contribution in [0.1, 0.15) is 44.7 Å². The minimum Gasteiger partial charge on any atom is -0.508 e. The van der Waals surface area contributed by atoms with Crippen LogP contribution in [0, 0.1) is 5.92 Å². The van der Waals surface area contributed by atoms with E-state index in [-0.39, 0.29) is 24.5 Å². The van der Waals surface area contributed by atoms with Crippen LogP contribution in [0.5, 0.6) is 5.75 Å². The summed E-state index contributed by atoms with van der Waals surface area (Å²) < 4.78 is 0. The first-order valence-corrected chi connectivity index (χ1v) is 15.8. The van der Waals surface area contributed by atoms with Gasteiger partial charge in [0.05, 0.1) is 6.04 Å². The van der Waals surface area contributed by atoms with Gasteiger partial charge in [0, 0.05) is 19.4 Å². The van der Waals surface area contributed by atoms with Crippen LogP contribution in [0.3, 0.4) is 0 Å². The highest BCUT2D eigenvalue weighted by molar-refractivity contribution is 5.96. The Hall–Kier alpha value is -4.97. The highest BCUT2D eigenvalue weighted by atomic mass is 16.4. The number of carboxylic acid groups (broad SMARTS) is 1. The molecule has 7 N–H and O–H groups in total. The molecule has 4 rings (SSSR count). The van der Waals surface area contributed by atoms with E-state index in [1.807, 2.05) is 42.5 Å². The zero-order valence-electron chi connectivity index (χ0n) is 26.8. The van der Waals surface area contributed by atoms with E-state index >= 15 is 0 Å². The number of carboxylic acids is 1. The van der Waals surface area contributed by atoms with Crippen molar-refractivity contribution in [3.8, 4) is 5.75 Å². The molecule has 1 fully saturated rings. The molecule has 1 heterocycles. The minimum atomic E-state index is -1.31. The Morgan fingerprint density at radius 3 is 2.11 bits per heavy atom. The van der Waals surface area contributed by atoms with Gasteiger partial charge in [0.1, 0.15) is 29.9 Å². The first-order chi connectivity index (χ1) is 22.3. The molecule has 250 valence electrons. The predicted molar refractivity (Wildman–Crippen MR) is 176 cm³/mol. The Morgan fingerprint density at radius 2 is 1.47 bits per heavy atom. The highest BCUT2D eigenvalue weighted by Crippen LogP contribution is 2.22. The average Bonchev–Trinajstić information content (AvgIpc) is 3.53. The van der Waals surface area contributed by atoms with Crippen molar-refractivity contribution >= 4 is 40.4 Å². The number of nitrogens with two attached hydrogens (primary N) is 1. The molecular weight excluding hydrogens is 602 g/mol. The third-order valence-corrected chi connectivity index (χ3v) is 8.36. The number of carbonyl (C=O) groups excluding carboxylic acids is 4. The van der Waals surface area contributed by atoms with Crippen LogP contribution in [-0.2, 0) is 36.8 Å². The van der Waals surface area contributed by atoms with Crippen molar-refractivity contribution < 1.29 is 34.2 Å². The number of hydrogen-bond acceptors (Lipinski definition) is 7. The second-order valence-corrected chi connectivity index (χ2v) is 12.4. The Bertz CT molecular complexity index is 1610. The van der Waals surface area contributed by atoms with Crippen LogP contribution in [0.4, 0.5) is 0 Å². The summed E-state index contributed by atoms with van der Waals surface area (Å²) in [5.41, 5.74) is 7.03. The number of nitrogens with one attached hydrogen (secondary N) is 3. The van der Waals surface area contributed by atoms with Crippen molar-refractivity contribution in [1.82, 2.24) is 20.9 Å². The fraction of sp³-hybridized carbons (Fsp3) is 0.400. The zero-order valence-corrected chi connectivity index (χ0v) is 26.8. The largest absolute Gasteiger partial charge is 0.508 e. The average molecular weight is 646 g/mol. The van der Waals surface area contributed by atoms with Gasteiger partial charge in [-0.25, -0.2) is 4.79 Å². The van der Waals surface area contributed by atoms with Gasteiger partial charge in [-0.05, 0) is 59.7 Å². The molecule has 3 aromatic rings.